The molecule has 92 valence electrons. The Balaban J connectivity index is 1.59. The van der Waals surface area contributed by atoms with Crippen LogP contribution >= 0.6 is 0 Å². The molecule has 2 saturated carbocycles. The summed E-state index contributed by atoms with van der Waals surface area (Å²) in [5.74, 6) is 0.717. The zero-order chi connectivity index (χ0) is 11.4. The number of carbonyl (C=O) groups is 1. The fourth-order valence-electron chi connectivity index (χ4n) is 2.72. The molecule has 2 aliphatic carbocycles. The number of rotatable bonds is 5. The van der Waals surface area contributed by atoms with Crippen LogP contribution in [0.2, 0.25) is 0 Å². The lowest BCUT2D eigenvalue weighted by atomic mass is 9.83. The highest BCUT2D eigenvalue weighted by Gasteiger charge is 2.32. The summed E-state index contributed by atoms with van der Waals surface area (Å²) < 4.78 is 5.26. The van der Waals surface area contributed by atoms with Crippen LogP contribution in [0.15, 0.2) is 0 Å². The summed E-state index contributed by atoms with van der Waals surface area (Å²) in [4.78, 5) is 11.6. The van der Waals surface area contributed by atoms with Crippen molar-refractivity contribution in [3.8, 4) is 0 Å². The summed E-state index contributed by atoms with van der Waals surface area (Å²) in [5.41, 5.74) is 5.87. The normalized spacial score (nSPS) is 24.1. The maximum Gasteiger partial charge on any atom is 0.307 e. The van der Waals surface area contributed by atoms with Gasteiger partial charge in [0.15, 0.2) is 0 Å². The van der Waals surface area contributed by atoms with Crippen molar-refractivity contribution in [1.82, 2.24) is 0 Å². The predicted octanol–water partition coefficient (Wildman–Crippen LogP) is 2.38. The van der Waals surface area contributed by atoms with Crippen molar-refractivity contribution in [2.24, 2.45) is 11.7 Å². The van der Waals surface area contributed by atoms with Gasteiger partial charge in [0.2, 0.25) is 0 Å². The van der Waals surface area contributed by atoms with Gasteiger partial charge in [-0.25, -0.2) is 0 Å². The molecule has 0 aromatic rings. The highest BCUT2D eigenvalue weighted by Crippen LogP contribution is 2.31. The minimum Gasteiger partial charge on any atom is -0.466 e. The molecule has 0 aliphatic heterocycles. The molecule has 0 atom stereocenters. The molecule has 0 aromatic carbocycles. The van der Waals surface area contributed by atoms with Crippen molar-refractivity contribution < 1.29 is 9.53 Å². The molecule has 2 rings (SSSR count). The van der Waals surface area contributed by atoms with E-state index in [0.717, 1.165) is 38.0 Å². The molecule has 0 amide bonds. The number of carbonyl (C=O) groups excluding carboxylic acids is 1. The Labute approximate surface area is 97.7 Å². The van der Waals surface area contributed by atoms with Crippen molar-refractivity contribution >= 4 is 5.97 Å². The first-order valence-corrected chi connectivity index (χ1v) is 6.62. The Hall–Kier alpha value is -0.570. The van der Waals surface area contributed by atoms with Gasteiger partial charge in [-0.1, -0.05) is 32.1 Å². The minimum atomic E-state index is -0.256. The topological polar surface area (TPSA) is 52.3 Å². The van der Waals surface area contributed by atoms with E-state index < -0.39 is 0 Å². The monoisotopic (exact) mass is 225 g/mol. The van der Waals surface area contributed by atoms with E-state index in [0.29, 0.717) is 13.0 Å². The van der Waals surface area contributed by atoms with Gasteiger partial charge in [-0.05, 0) is 25.2 Å². The van der Waals surface area contributed by atoms with E-state index in [-0.39, 0.29) is 11.5 Å². The van der Waals surface area contributed by atoms with Crippen LogP contribution in [0.1, 0.15) is 57.8 Å². The second-order valence-electron chi connectivity index (χ2n) is 5.55. The Morgan fingerprint density at radius 2 is 1.94 bits per heavy atom. The van der Waals surface area contributed by atoms with Gasteiger partial charge in [0.05, 0.1) is 13.0 Å². The number of ether oxygens (including phenoxy) is 1. The molecule has 0 heterocycles. The number of nitrogens with two attached hydrogens (primary N) is 1. The minimum absolute atomic E-state index is 0.0938. The van der Waals surface area contributed by atoms with Crippen LogP contribution < -0.4 is 5.73 Å². The van der Waals surface area contributed by atoms with Crippen LogP contribution in [0, 0.1) is 5.92 Å². The molecule has 0 radical (unpaired) electrons. The summed E-state index contributed by atoms with van der Waals surface area (Å²) in [6.07, 6.45) is 9.72. The van der Waals surface area contributed by atoms with Crippen LogP contribution in [0.4, 0.5) is 0 Å². The van der Waals surface area contributed by atoms with Gasteiger partial charge >= 0.3 is 5.97 Å². The van der Waals surface area contributed by atoms with Crippen LogP contribution in [0.3, 0.4) is 0 Å². The van der Waals surface area contributed by atoms with Gasteiger partial charge in [-0.2, -0.15) is 0 Å². The van der Waals surface area contributed by atoms with Gasteiger partial charge in [0.25, 0.3) is 0 Å². The summed E-state index contributed by atoms with van der Waals surface area (Å²) in [5, 5.41) is 0. The Kier molecular flexibility index (Phi) is 3.85. The summed E-state index contributed by atoms with van der Waals surface area (Å²) >= 11 is 0. The summed E-state index contributed by atoms with van der Waals surface area (Å²) in [7, 11) is 0. The molecule has 2 aliphatic rings. The average molecular weight is 225 g/mol. The van der Waals surface area contributed by atoms with E-state index in [1.54, 1.807) is 0 Å². The maximum atomic E-state index is 11.6. The van der Waals surface area contributed by atoms with Crippen molar-refractivity contribution in [2.75, 3.05) is 6.61 Å². The van der Waals surface area contributed by atoms with E-state index in [9.17, 15) is 4.79 Å². The van der Waals surface area contributed by atoms with Crippen molar-refractivity contribution in [3.63, 3.8) is 0 Å². The average Bonchev–Trinajstić information content (AvgIpc) is 2.56. The van der Waals surface area contributed by atoms with E-state index in [4.69, 9.17) is 10.5 Å². The van der Waals surface area contributed by atoms with Gasteiger partial charge in [0, 0.05) is 5.54 Å². The van der Waals surface area contributed by atoms with Gasteiger partial charge in [0.1, 0.15) is 0 Å². The Bertz CT molecular complexity index is 242. The molecule has 0 bridgehead atoms. The Morgan fingerprint density at radius 1 is 1.25 bits per heavy atom. The molecular formula is C13H23NO2. The second kappa shape index (κ2) is 5.17. The third-order valence-corrected chi connectivity index (χ3v) is 4.11. The molecule has 3 nitrogen and oxygen atoms in total. The molecule has 3 heteroatoms. The van der Waals surface area contributed by atoms with Crippen molar-refractivity contribution in [2.45, 2.75) is 63.3 Å². The molecule has 2 N–H and O–H groups in total. The predicted molar refractivity (Wildman–Crippen MR) is 62.9 cm³/mol. The fourth-order valence-corrected chi connectivity index (χ4v) is 2.72. The first-order chi connectivity index (χ1) is 7.68. The largest absolute Gasteiger partial charge is 0.466 e. The standard InChI is InChI=1S/C13H23NO2/c14-13(7-1-2-8-13)10-12(15)16-9-6-11-4-3-5-11/h11H,1-10,14H2. The Morgan fingerprint density at radius 3 is 2.50 bits per heavy atom. The van der Waals surface area contributed by atoms with Crippen LogP contribution in [-0.4, -0.2) is 18.1 Å². The lowest BCUT2D eigenvalue weighted by Gasteiger charge is -2.25. The van der Waals surface area contributed by atoms with E-state index in [1.807, 2.05) is 0 Å². The van der Waals surface area contributed by atoms with Gasteiger partial charge < -0.3 is 10.5 Å². The lowest BCUT2D eigenvalue weighted by Crippen LogP contribution is -2.39. The number of esters is 1. The summed E-state index contributed by atoms with van der Waals surface area (Å²) in [6.45, 7) is 0.597. The van der Waals surface area contributed by atoms with Crippen LogP contribution in [-0.2, 0) is 9.53 Å². The molecule has 0 saturated heterocycles. The first-order valence-electron chi connectivity index (χ1n) is 6.62. The molecule has 2 fully saturated rings. The highest BCUT2D eigenvalue weighted by atomic mass is 16.5. The fraction of sp³-hybridized carbons (Fsp3) is 0.923. The molecule has 0 aromatic heterocycles. The van der Waals surface area contributed by atoms with Crippen LogP contribution in [0.5, 0.6) is 0 Å². The van der Waals surface area contributed by atoms with Gasteiger partial charge in [-0.15, -0.1) is 0 Å². The molecular weight excluding hydrogens is 202 g/mol. The van der Waals surface area contributed by atoms with E-state index >= 15 is 0 Å². The SMILES string of the molecule is NC1(CC(=O)OCCC2CCC2)CCCC1. The third kappa shape index (κ3) is 3.21. The molecule has 0 spiro atoms. The van der Waals surface area contributed by atoms with Crippen molar-refractivity contribution in [1.29, 1.82) is 0 Å². The number of hydrogen-bond donors (Lipinski definition) is 1. The number of hydrogen-bond acceptors (Lipinski definition) is 3. The zero-order valence-electron chi connectivity index (χ0n) is 10.0. The third-order valence-electron chi connectivity index (χ3n) is 4.11. The quantitative estimate of drug-likeness (QED) is 0.731. The maximum absolute atomic E-state index is 11.6. The highest BCUT2D eigenvalue weighted by molar-refractivity contribution is 5.70. The summed E-state index contributed by atoms with van der Waals surface area (Å²) in [6, 6.07) is 0. The lowest BCUT2D eigenvalue weighted by molar-refractivity contribution is -0.145. The molecule has 0 unspecified atom stereocenters. The smallest absolute Gasteiger partial charge is 0.307 e. The van der Waals surface area contributed by atoms with E-state index in [1.165, 1.54) is 19.3 Å². The van der Waals surface area contributed by atoms with Crippen LogP contribution in [0.25, 0.3) is 0 Å². The first kappa shape index (κ1) is 11.9. The zero-order valence-corrected chi connectivity index (χ0v) is 10.0. The van der Waals surface area contributed by atoms with E-state index in [2.05, 4.69) is 0 Å². The van der Waals surface area contributed by atoms with Crippen molar-refractivity contribution in [3.05, 3.63) is 0 Å². The molecule has 16 heavy (non-hydrogen) atoms. The second-order valence-corrected chi connectivity index (χ2v) is 5.55. The van der Waals surface area contributed by atoms with Gasteiger partial charge in [-0.3, -0.25) is 4.79 Å².